The van der Waals surface area contributed by atoms with E-state index in [1.807, 2.05) is 0 Å². The molecule has 0 bridgehead atoms. The maximum atomic E-state index is 13.0. The van der Waals surface area contributed by atoms with Crippen molar-refractivity contribution in [3.8, 4) is 5.75 Å². The van der Waals surface area contributed by atoms with Gasteiger partial charge in [0, 0.05) is 32.5 Å². The van der Waals surface area contributed by atoms with E-state index in [9.17, 15) is 32.7 Å². The molecule has 55 heavy (non-hydrogen) atoms. The van der Waals surface area contributed by atoms with Crippen molar-refractivity contribution in [2.24, 2.45) is 22.2 Å². The number of guanidine groups is 1. The van der Waals surface area contributed by atoms with E-state index in [1.165, 1.54) is 25.7 Å². The largest absolute Gasteiger partial charge is 0.508 e. The minimum Gasteiger partial charge on any atom is -0.508 e. The molecule has 2 unspecified atom stereocenters. The lowest BCUT2D eigenvalue weighted by atomic mass is 10.0. The summed E-state index contributed by atoms with van der Waals surface area (Å²) in [5.41, 5.74) is 17.3. The molecule has 0 saturated carbocycles. The van der Waals surface area contributed by atoms with Crippen LogP contribution in [0.25, 0.3) is 0 Å². The summed E-state index contributed by atoms with van der Waals surface area (Å²) in [6.45, 7) is 7.17. The molecule has 13 N–H and O–H groups in total. The van der Waals surface area contributed by atoms with Gasteiger partial charge in [0.25, 0.3) is 0 Å². The number of nitrogens with zero attached hydrogens (tertiary/aromatic N) is 1. The van der Waals surface area contributed by atoms with Crippen LogP contribution in [0, 0.1) is 0 Å². The smallest absolute Gasteiger partial charge is 0.490 e. The predicted octanol–water partition coefficient (Wildman–Crippen LogP) is 2.55. The zero-order valence-electron chi connectivity index (χ0n) is 32.4. The second kappa shape index (κ2) is 32.1. The van der Waals surface area contributed by atoms with E-state index in [4.69, 9.17) is 27.1 Å². The molecule has 2 atom stereocenters. The zero-order chi connectivity index (χ0) is 41.3. The molecule has 18 heteroatoms. The monoisotopic (exact) mass is 790 g/mol. The Morgan fingerprint density at radius 3 is 1.78 bits per heavy atom. The molecule has 0 fully saturated rings. The SMILES string of the molecule is CCCCCCCCCC(=O)NC(Cc1ccc(O)cc1)C(=O)NCCCNCCCCNCCCNC(=O)C(N)CCCN=C(N)N.O=C(O)C(F)(F)F. The fraction of sp³-hybridized carbons (Fsp3) is 0.703. The van der Waals surface area contributed by atoms with Crippen LogP contribution in [-0.4, -0.2) is 104 Å². The summed E-state index contributed by atoms with van der Waals surface area (Å²) >= 11 is 0. The second-order valence-corrected chi connectivity index (χ2v) is 13.2. The second-order valence-electron chi connectivity index (χ2n) is 13.2. The summed E-state index contributed by atoms with van der Waals surface area (Å²) in [5, 5.41) is 32.3. The maximum absolute atomic E-state index is 13.0. The van der Waals surface area contributed by atoms with E-state index in [0.717, 1.165) is 76.7 Å². The molecule has 3 amide bonds. The van der Waals surface area contributed by atoms with E-state index in [0.29, 0.717) is 45.3 Å². The van der Waals surface area contributed by atoms with Gasteiger partial charge in [-0.25, -0.2) is 4.79 Å². The fourth-order valence-corrected chi connectivity index (χ4v) is 5.09. The summed E-state index contributed by atoms with van der Waals surface area (Å²) < 4.78 is 31.7. The lowest BCUT2D eigenvalue weighted by Crippen LogP contribution is -2.48. The number of hydrogen-bond donors (Lipinski definition) is 10. The number of hydrogen-bond acceptors (Lipinski definition) is 9. The number of carboxylic acids is 1. The first-order chi connectivity index (χ1) is 26.2. The first-order valence-electron chi connectivity index (χ1n) is 19.3. The molecule has 1 aromatic carbocycles. The number of aliphatic imine (C=N–C) groups is 1. The molecule has 0 aromatic heterocycles. The Kier molecular flexibility index (Phi) is 29.7. The highest BCUT2D eigenvalue weighted by atomic mass is 19.4. The van der Waals surface area contributed by atoms with Crippen LogP contribution < -0.4 is 43.8 Å². The lowest BCUT2D eigenvalue weighted by molar-refractivity contribution is -0.192. The molecule has 316 valence electrons. The molecule has 0 spiro atoms. The predicted molar refractivity (Wildman–Crippen MR) is 208 cm³/mol. The van der Waals surface area contributed by atoms with Crippen LogP contribution in [-0.2, 0) is 25.6 Å². The number of unbranched alkanes of at least 4 members (excludes halogenated alkanes) is 7. The van der Waals surface area contributed by atoms with Crippen molar-refractivity contribution in [1.82, 2.24) is 26.6 Å². The minimum absolute atomic E-state index is 0.0424. The van der Waals surface area contributed by atoms with Gasteiger partial charge in [-0.15, -0.1) is 0 Å². The van der Waals surface area contributed by atoms with Crippen molar-refractivity contribution < 1.29 is 42.6 Å². The Labute approximate surface area is 323 Å². The number of carbonyl (C=O) groups is 4. The van der Waals surface area contributed by atoms with E-state index < -0.39 is 24.2 Å². The summed E-state index contributed by atoms with van der Waals surface area (Å²) in [5.74, 6) is -2.99. The summed E-state index contributed by atoms with van der Waals surface area (Å²) in [6, 6.07) is 5.52. The Morgan fingerprint density at radius 1 is 0.745 bits per heavy atom. The number of aromatic hydroxyl groups is 1. The third-order valence-corrected chi connectivity index (χ3v) is 8.20. The number of nitrogens with one attached hydrogen (secondary N) is 5. The minimum atomic E-state index is -5.08. The number of aliphatic carboxylic acids is 1. The molecule has 0 heterocycles. The molecular weight excluding hydrogens is 723 g/mol. The Morgan fingerprint density at radius 2 is 1.25 bits per heavy atom. The number of alkyl halides is 3. The van der Waals surface area contributed by atoms with E-state index >= 15 is 0 Å². The average molecular weight is 790 g/mol. The number of phenolic OH excluding ortho intramolecular Hbond substituents is 1. The van der Waals surface area contributed by atoms with Gasteiger partial charge in [-0.2, -0.15) is 13.2 Å². The van der Waals surface area contributed by atoms with Crippen LogP contribution in [0.4, 0.5) is 13.2 Å². The Balaban J connectivity index is 0.00000377. The van der Waals surface area contributed by atoms with Crippen LogP contribution in [0.15, 0.2) is 29.3 Å². The molecule has 1 aromatic rings. The van der Waals surface area contributed by atoms with Crippen molar-refractivity contribution in [2.45, 2.75) is 121 Å². The van der Waals surface area contributed by atoms with Gasteiger partial charge < -0.3 is 54.0 Å². The number of nitrogens with two attached hydrogens (primary N) is 3. The number of rotatable bonds is 30. The highest BCUT2D eigenvalue weighted by Crippen LogP contribution is 2.14. The molecule has 15 nitrogen and oxygen atoms in total. The van der Waals surface area contributed by atoms with Gasteiger partial charge in [0.05, 0.1) is 6.04 Å². The van der Waals surface area contributed by atoms with Gasteiger partial charge in [-0.3, -0.25) is 19.4 Å². The van der Waals surface area contributed by atoms with Crippen molar-refractivity contribution in [3.05, 3.63) is 29.8 Å². The molecule has 0 saturated heterocycles. The summed E-state index contributed by atoms with van der Waals surface area (Å²) in [4.78, 5) is 50.5. The number of phenols is 1. The van der Waals surface area contributed by atoms with Gasteiger partial charge >= 0.3 is 12.1 Å². The molecular formula is C37H66F3N9O6. The maximum Gasteiger partial charge on any atom is 0.490 e. The topological polar surface area (TPSA) is 259 Å². The van der Waals surface area contributed by atoms with Crippen molar-refractivity contribution in [3.63, 3.8) is 0 Å². The normalized spacial score (nSPS) is 12.1. The summed E-state index contributed by atoms with van der Waals surface area (Å²) in [6.07, 6.45) is 8.51. The number of amides is 3. The molecule has 0 radical (unpaired) electrons. The standard InChI is InChI=1S/C35H65N9O4.C2HF3O2/c1-2-3-4-5-6-7-8-15-32(46)44-31(27-28-16-18-29(45)19-17-28)34(48)42-26-13-23-40-21-10-9-20-39-22-12-25-41-33(47)30(36)14-11-24-43-35(37)38;3-2(4,5)1(6)7/h16-19,30-31,39-40,45H,2-15,20-27,36H2,1H3,(H,41,47)(H,42,48)(H,44,46)(H4,37,38,43);(H,6,7). The van der Waals surface area contributed by atoms with Crippen LogP contribution in [0.5, 0.6) is 5.75 Å². The van der Waals surface area contributed by atoms with Crippen LogP contribution in [0.3, 0.4) is 0 Å². The number of benzene rings is 1. The molecule has 1 rings (SSSR count). The summed E-state index contributed by atoms with van der Waals surface area (Å²) in [7, 11) is 0. The lowest BCUT2D eigenvalue weighted by Gasteiger charge is -2.19. The Hall–Kier alpha value is -4.16. The number of carbonyl (C=O) groups excluding carboxylic acids is 3. The molecule has 0 aliphatic rings. The highest BCUT2D eigenvalue weighted by Gasteiger charge is 2.38. The van der Waals surface area contributed by atoms with Gasteiger partial charge in [0.1, 0.15) is 11.8 Å². The number of carboxylic acid groups (broad SMARTS) is 1. The first kappa shape index (κ1) is 50.8. The van der Waals surface area contributed by atoms with Gasteiger partial charge in [-0.1, -0.05) is 57.6 Å². The van der Waals surface area contributed by atoms with E-state index in [1.54, 1.807) is 24.3 Å². The average Bonchev–Trinajstić information content (AvgIpc) is 3.13. The number of halogens is 3. The zero-order valence-corrected chi connectivity index (χ0v) is 32.4. The van der Waals surface area contributed by atoms with E-state index in [2.05, 4.69) is 38.5 Å². The van der Waals surface area contributed by atoms with Crippen LogP contribution >= 0.6 is 0 Å². The first-order valence-corrected chi connectivity index (χ1v) is 19.3. The van der Waals surface area contributed by atoms with Crippen molar-refractivity contribution >= 4 is 29.7 Å². The van der Waals surface area contributed by atoms with E-state index in [-0.39, 0.29) is 29.4 Å². The van der Waals surface area contributed by atoms with Crippen molar-refractivity contribution in [2.75, 3.05) is 45.8 Å². The molecule has 0 aliphatic heterocycles. The highest BCUT2D eigenvalue weighted by molar-refractivity contribution is 5.87. The van der Waals surface area contributed by atoms with Crippen molar-refractivity contribution in [1.29, 1.82) is 0 Å². The van der Waals surface area contributed by atoms with Gasteiger partial charge in [-0.05, 0) is 88.8 Å². The fourth-order valence-electron chi connectivity index (χ4n) is 5.09. The Bertz CT molecular complexity index is 1220. The van der Waals surface area contributed by atoms with Crippen LogP contribution in [0.1, 0.15) is 102 Å². The van der Waals surface area contributed by atoms with Gasteiger partial charge in [0.2, 0.25) is 17.7 Å². The third kappa shape index (κ3) is 30.8. The quantitative estimate of drug-likeness (QED) is 0.0308. The molecule has 0 aliphatic carbocycles. The van der Waals surface area contributed by atoms with Gasteiger partial charge in [0.15, 0.2) is 5.96 Å². The van der Waals surface area contributed by atoms with Crippen LogP contribution in [0.2, 0.25) is 0 Å². The third-order valence-electron chi connectivity index (χ3n) is 8.20.